The van der Waals surface area contributed by atoms with E-state index in [1.165, 1.54) is 0 Å². The summed E-state index contributed by atoms with van der Waals surface area (Å²) in [6.07, 6.45) is 3.02. The molecule has 2 fully saturated rings. The van der Waals surface area contributed by atoms with Crippen molar-refractivity contribution in [2.45, 2.75) is 31.8 Å². The van der Waals surface area contributed by atoms with Gasteiger partial charge in [0, 0.05) is 24.7 Å². The Bertz CT molecular complexity index is 645. The quantitative estimate of drug-likeness (QED) is 0.794. The summed E-state index contributed by atoms with van der Waals surface area (Å²) in [5.74, 6) is -0.292. The van der Waals surface area contributed by atoms with Gasteiger partial charge in [0.2, 0.25) is 5.91 Å². The molecular weight excluding hydrogens is 308 g/mol. The van der Waals surface area contributed by atoms with E-state index in [2.05, 4.69) is 5.32 Å². The second kappa shape index (κ2) is 7.00. The molecule has 0 aliphatic carbocycles. The van der Waals surface area contributed by atoms with Crippen LogP contribution in [-0.4, -0.2) is 53.3 Å². The van der Waals surface area contributed by atoms with Crippen molar-refractivity contribution in [2.24, 2.45) is 5.73 Å². The first-order valence-corrected chi connectivity index (χ1v) is 8.28. The van der Waals surface area contributed by atoms with E-state index in [1.807, 2.05) is 11.0 Å². The fourth-order valence-electron chi connectivity index (χ4n) is 3.28. The first-order valence-electron chi connectivity index (χ1n) is 8.28. The summed E-state index contributed by atoms with van der Waals surface area (Å²) in [7, 11) is 0. The molecule has 4 amide bonds. The van der Waals surface area contributed by atoms with Crippen LogP contribution in [0.15, 0.2) is 24.3 Å². The van der Waals surface area contributed by atoms with Crippen LogP contribution in [-0.2, 0) is 11.3 Å². The molecule has 2 aliphatic rings. The highest BCUT2D eigenvalue weighted by Crippen LogP contribution is 2.20. The molecule has 3 rings (SSSR count). The average molecular weight is 330 g/mol. The maximum Gasteiger partial charge on any atom is 0.324 e. The summed E-state index contributed by atoms with van der Waals surface area (Å²) < 4.78 is 0. The number of nitrogens with two attached hydrogens (primary N) is 1. The van der Waals surface area contributed by atoms with Gasteiger partial charge in [0.15, 0.2) is 0 Å². The molecule has 3 N–H and O–H groups in total. The standard InChI is InChI=1S/C17H22N4O3/c18-9-14-6-1-2-7-20(14)16(23)13-5-3-4-12(8-13)11-21-15(22)10-19-17(21)24/h3-5,8,14H,1-2,6-7,9-11,18H2,(H,19,24). The van der Waals surface area contributed by atoms with E-state index in [-0.39, 0.29) is 30.9 Å². The number of carbonyl (C=O) groups excluding carboxylic acids is 3. The number of nitrogens with one attached hydrogen (secondary N) is 1. The van der Waals surface area contributed by atoms with Gasteiger partial charge in [-0.1, -0.05) is 12.1 Å². The van der Waals surface area contributed by atoms with E-state index < -0.39 is 6.03 Å². The number of rotatable bonds is 4. The van der Waals surface area contributed by atoms with Crippen molar-refractivity contribution in [1.82, 2.24) is 15.1 Å². The largest absolute Gasteiger partial charge is 0.334 e. The van der Waals surface area contributed by atoms with E-state index in [0.717, 1.165) is 36.3 Å². The maximum atomic E-state index is 12.8. The van der Waals surface area contributed by atoms with Gasteiger partial charge in [0.05, 0.1) is 13.1 Å². The zero-order chi connectivity index (χ0) is 17.1. The first-order chi connectivity index (χ1) is 11.6. The Morgan fingerprint density at radius 3 is 2.83 bits per heavy atom. The van der Waals surface area contributed by atoms with E-state index in [9.17, 15) is 14.4 Å². The Hall–Kier alpha value is -2.41. The minimum absolute atomic E-state index is 0.0312. The SMILES string of the molecule is NCC1CCCCN1C(=O)c1cccc(CN2C(=O)CNC2=O)c1. The van der Waals surface area contributed by atoms with Gasteiger partial charge >= 0.3 is 6.03 Å². The van der Waals surface area contributed by atoms with Crippen LogP contribution in [0.2, 0.25) is 0 Å². The molecule has 128 valence electrons. The number of hydrogen-bond acceptors (Lipinski definition) is 4. The van der Waals surface area contributed by atoms with E-state index in [4.69, 9.17) is 5.73 Å². The second-order valence-corrected chi connectivity index (χ2v) is 6.22. The zero-order valence-corrected chi connectivity index (χ0v) is 13.5. The number of likely N-dealkylation sites (tertiary alicyclic amines) is 1. The third-order valence-electron chi connectivity index (χ3n) is 4.61. The fraction of sp³-hybridized carbons (Fsp3) is 0.471. The van der Waals surface area contributed by atoms with Crippen LogP contribution >= 0.6 is 0 Å². The van der Waals surface area contributed by atoms with Gasteiger partial charge in [-0.3, -0.25) is 14.5 Å². The molecule has 2 saturated heterocycles. The van der Waals surface area contributed by atoms with Gasteiger partial charge in [0.25, 0.3) is 5.91 Å². The Balaban J connectivity index is 1.76. The molecule has 2 aliphatic heterocycles. The molecule has 7 nitrogen and oxygen atoms in total. The third-order valence-corrected chi connectivity index (χ3v) is 4.61. The minimum atomic E-state index is -0.393. The number of urea groups is 1. The van der Waals surface area contributed by atoms with Crippen molar-refractivity contribution >= 4 is 17.8 Å². The van der Waals surface area contributed by atoms with Gasteiger partial charge in [-0.25, -0.2) is 4.79 Å². The number of benzene rings is 1. The van der Waals surface area contributed by atoms with Crippen LogP contribution in [0.4, 0.5) is 4.79 Å². The van der Waals surface area contributed by atoms with Crippen molar-refractivity contribution < 1.29 is 14.4 Å². The number of hydrogen-bond donors (Lipinski definition) is 2. The third kappa shape index (κ3) is 3.26. The summed E-state index contributed by atoms with van der Waals surface area (Å²) >= 11 is 0. The van der Waals surface area contributed by atoms with E-state index in [1.54, 1.807) is 18.2 Å². The molecule has 0 saturated carbocycles. The maximum absolute atomic E-state index is 12.8. The number of imide groups is 1. The summed E-state index contributed by atoms with van der Waals surface area (Å²) in [5.41, 5.74) is 7.12. The molecule has 1 aromatic rings. The van der Waals surface area contributed by atoms with Crippen LogP contribution in [0.25, 0.3) is 0 Å². The predicted molar refractivity (Wildman–Crippen MR) is 88.1 cm³/mol. The Labute approximate surface area is 140 Å². The van der Waals surface area contributed by atoms with Crippen molar-refractivity contribution in [1.29, 1.82) is 0 Å². The lowest BCUT2D eigenvalue weighted by atomic mass is 10.0. The number of carbonyl (C=O) groups is 3. The lowest BCUT2D eigenvalue weighted by Crippen LogP contribution is -2.47. The Kier molecular flexibility index (Phi) is 4.80. The molecule has 0 aromatic heterocycles. The minimum Gasteiger partial charge on any atom is -0.334 e. The van der Waals surface area contributed by atoms with Crippen molar-refractivity contribution in [3.05, 3.63) is 35.4 Å². The fourth-order valence-corrected chi connectivity index (χ4v) is 3.28. The number of amides is 4. The van der Waals surface area contributed by atoms with Gasteiger partial charge in [-0.2, -0.15) is 0 Å². The van der Waals surface area contributed by atoms with Crippen LogP contribution in [0.3, 0.4) is 0 Å². The molecule has 2 heterocycles. The summed E-state index contributed by atoms with van der Waals surface area (Å²) in [6, 6.07) is 6.80. The van der Waals surface area contributed by atoms with Gasteiger partial charge in [-0.05, 0) is 37.0 Å². The summed E-state index contributed by atoms with van der Waals surface area (Å²) in [6.45, 7) is 1.39. The van der Waals surface area contributed by atoms with Crippen molar-refractivity contribution in [3.63, 3.8) is 0 Å². The highest BCUT2D eigenvalue weighted by atomic mass is 16.2. The zero-order valence-electron chi connectivity index (χ0n) is 13.5. The smallest absolute Gasteiger partial charge is 0.324 e. The monoisotopic (exact) mass is 330 g/mol. The first kappa shape index (κ1) is 16.4. The molecule has 24 heavy (non-hydrogen) atoms. The average Bonchev–Trinajstić information content (AvgIpc) is 2.93. The molecule has 1 aromatic carbocycles. The number of nitrogens with zero attached hydrogens (tertiary/aromatic N) is 2. The highest BCUT2D eigenvalue weighted by molar-refractivity contribution is 6.02. The summed E-state index contributed by atoms with van der Waals surface area (Å²) in [5, 5.41) is 2.49. The van der Waals surface area contributed by atoms with Gasteiger partial charge in [-0.15, -0.1) is 0 Å². The van der Waals surface area contributed by atoms with Crippen LogP contribution in [0.5, 0.6) is 0 Å². The van der Waals surface area contributed by atoms with Crippen LogP contribution in [0.1, 0.15) is 35.2 Å². The summed E-state index contributed by atoms with van der Waals surface area (Å²) in [4.78, 5) is 39.1. The molecule has 1 atom stereocenters. The van der Waals surface area contributed by atoms with Crippen LogP contribution in [0, 0.1) is 0 Å². The van der Waals surface area contributed by atoms with Crippen molar-refractivity contribution in [2.75, 3.05) is 19.6 Å². The van der Waals surface area contributed by atoms with E-state index in [0.29, 0.717) is 12.1 Å². The molecule has 0 bridgehead atoms. The lowest BCUT2D eigenvalue weighted by Gasteiger charge is -2.35. The molecule has 0 radical (unpaired) electrons. The van der Waals surface area contributed by atoms with Crippen LogP contribution < -0.4 is 11.1 Å². The van der Waals surface area contributed by atoms with E-state index >= 15 is 0 Å². The Morgan fingerprint density at radius 2 is 2.12 bits per heavy atom. The molecular formula is C17H22N4O3. The molecule has 1 unspecified atom stereocenters. The molecule has 7 heteroatoms. The highest BCUT2D eigenvalue weighted by Gasteiger charge is 2.29. The topological polar surface area (TPSA) is 95.7 Å². The normalized spacial score (nSPS) is 21.1. The van der Waals surface area contributed by atoms with Crippen molar-refractivity contribution in [3.8, 4) is 0 Å². The Morgan fingerprint density at radius 1 is 1.29 bits per heavy atom. The van der Waals surface area contributed by atoms with Gasteiger partial charge < -0.3 is 16.0 Å². The lowest BCUT2D eigenvalue weighted by molar-refractivity contribution is -0.125. The number of piperidine rings is 1. The second-order valence-electron chi connectivity index (χ2n) is 6.22. The molecule has 0 spiro atoms. The predicted octanol–water partition coefficient (Wildman–Crippen LogP) is 0.692. The van der Waals surface area contributed by atoms with Gasteiger partial charge in [0.1, 0.15) is 0 Å².